The molecule has 2 aromatic carbocycles. The largest absolute Gasteiger partial charge is 0.497 e. The zero-order chi connectivity index (χ0) is 28.3. The molecule has 2 aliphatic heterocycles. The SMILES string of the molecule is COc1ccc(CNc2cc(Cl)nc(-n3ncc(CC=CN4CCN5c6cc(F)ccc6OCC5C4)c3C)n2)cc1. The molecule has 0 aliphatic carbocycles. The van der Waals surface area contributed by atoms with Crippen LogP contribution in [0.15, 0.2) is 67.0 Å². The summed E-state index contributed by atoms with van der Waals surface area (Å²) in [6.07, 6.45) is 6.82. The standard InChI is InChI=1S/C30H31ClFN7O2/c1-20-22(4-3-11-37-12-13-38-24(18-37)19-41-27-10-7-23(32)14-26(27)38)17-34-39(20)30-35-28(31)15-29(36-30)33-16-21-5-8-25(40-2)9-6-21/h3,5-11,14-15,17,24H,4,12-13,16,18-19H2,1-2H3,(H,33,35,36). The summed E-state index contributed by atoms with van der Waals surface area (Å²) in [5.41, 5.74) is 3.95. The van der Waals surface area contributed by atoms with Gasteiger partial charge in [0.2, 0.25) is 0 Å². The lowest BCUT2D eigenvalue weighted by molar-refractivity contribution is 0.200. The maximum Gasteiger partial charge on any atom is 0.254 e. The van der Waals surface area contributed by atoms with Crippen molar-refractivity contribution in [2.45, 2.75) is 25.9 Å². The summed E-state index contributed by atoms with van der Waals surface area (Å²) in [5, 5.41) is 8.19. The van der Waals surface area contributed by atoms with Crippen molar-refractivity contribution in [1.29, 1.82) is 0 Å². The Morgan fingerprint density at radius 2 is 2.00 bits per heavy atom. The predicted octanol–water partition coefficient (Wildman–Crippen LogP) is 5.02. The predicted molar refractivity (Wildman–Crippen MR) is 157 cm³/mol. The van der Waals surface area contributed by atoms with Crippen molar-refractivity contribution in [3.8, 4) is 17.4 Å². The van der Waals surface area contributed by atoms with Crippen LogP contribution >= 0.6 is 11.6 Å². The number of piperazine rings is 1. The summed E-state index contributed by atoms with van der Waals surface area (Å²) < 4.78 is 26.7. The first kappa shape index (κ1) is 26.9. The normalized spacial score (nSPS) is 16.3. The van der Waals surface area contributed by atoms with Gasteiger partial charge in [0.15, 0.2) is 0 Å². The van der Waals surface area contributed by atoms with Crippen molar-refractivity contribution in [1.82, 2.24) is 24.6 Å². The number of halogens is 2. The maximum absolute atomic E-state index is 13.8. The first-order valence-electron chi connectivity index (χ1n) is 13.5. The number of benzene rings is 2. The third-order valence-electron chi connectivity index (χ3n) is 7.45. The van der Waals surface area contributed by atoms with Gasteiger partial charge in [-0.1, -0.05) is 29.8 Å². The fourth-order valence-corrected chi connectivity index (χ4v) is 5.38. The van der Waals surface area contributed by atoms with Crippen LogP contribution in [-0.4, -0.2) is 64.0 Å². The van der Waals surface area contributed by atoms with Gasteiger partial charge in [0.1, 0.15) is 34.9 Å². The molecule has 1 unspecified atom stereocenters. The monoisotopic (exact) mass is 575 g/mol. The molecule has 41 heavy (non-hydrogen) atoms. The number of anilines is 2. The second-order valence-corrected chi connectivity index (χ2v) is 10.5. The third kappa shape index (κ3) is 5.92. The number of aromatic nitrogens is 4. The van der Waals surface area contributed by atoms with Gasteiger partial charge in [-0.05, 0) is 54.9 Å². The highest BCUT2D eigenvalue weighted by Crippen LogP contribution is 2.35. The quantitative estimate of drug-likeness (QED) is 0.293. The smallest absolute Gasteiger partial charge is 0.254 e. The number of methoxy groups -OCH3 is 1. The van der Waals surface area contributed by atoms with Crippen molar-refractivity contribution >= 4 is 23.1 Å². The minimum absolute atomic E-state index is 0.180. The maximum atomic E-state index is 13.8. The average molecular weight is 576 g/mol. The minimum atomic E-state index is -0.240. The Balaban J connectivity index is 1.08. The first-order valence-corrected chi connectivity index (χ1v) is 13.9. The fourth-order valence-electron chi connectivity index (χ4n) is 5.20. The van der Waals surface area contributed by atoms with E-state index in [0.29, 0.717) is 36.5 Å². The molecular weight excluding hydrogens is 545 g/mol. The number of nitrogens with zero attached hydrogens (tertiary/aromatic N) is 6. The lowest BCUT2D eigenvalue weighted by Crippen LogP contribution is -2.55. The Morgan fingerprint density at radius 3 is 2.83 bits per heavy atom. The molecule has 4 aromatic rings. The summed E-state index contributed by atoms with van der Waals surface area (Å²) in [6, 6.07) is 14.4. The van der Waals surface area contributed by atoms with E-state index in [4.69, 9.17) is 21.1 Å². The van der Waals surface area contributed by atoms with E-state index in [1.54, 1.807) is 30.0 Å². The van der Waals surface area contributed by atoms with Crippen LogP contribution < -0.4 is 19.7 Å². The third-order valence-corrected chi connectivity index (χ3v) is 7.64. The molecule has 2 aliphatic rings. The van der Waals surface area contributed by atoms with Crippen LogP contribution in [0.25, 0.3) is 5.95 Å². The summed E-state index contributed by atoms with van der Waals surface area (Å²) in [6.45, 7) is 5.64. The molecule has 6 rings (SSSR count). The second kappa shape index (κ2) is 11.7. The molecule has 2 aromatic heterocycles. The summed E-state index contributed by atoms with van der Waals surface area (Å²) in [7, 11) is 1.65. The van der Waals surface area contributed by atoms with Crippen LogP contribution in [-0.2, 0) is 13.0 Å². The molecule has 0 spiro atoms. The molecule has 0 radical (unpaired) electrons. The van der Waals surface area contributed by atoms with E-state index in [0.717, 1.165) is 53.6 Å². The van der Waals surface area contributed by atoms with Crippen LogP contribution in [0.1, 0.15) is 16.8 Å². The van der Waals surface area contributed by atoms with Crippen molar-refractivity contribution in [3.05, 3.63) is 94.8 Å². The van der Waals surface area contributed by atoms with Gasteiger partial charge in [-0.3, -0.25) is 0 Å². The zero-order valence-corrected chi connectivity index (χ0v) is 23.7. The number of ether oxygens (including phenoxy) is 2. The summed E-state index contributed by atoms with van der Waals surface area (Å²) >= 11 is 6.34. The van der Waals surface area contributed by atoms with Gasteiger partial charge >= 0.3 is 0 Å². The fraction of sp³-hybridized carbons (Fsp3) is 0.300. The Bertz CT molecular complexity index is 1560. The second-order valence-electron chi connectivity index (χ2n) is 10.1. The highest BCUT2D eigenvalue weighted by molar-refractivity contribution is 6.29. The van der Waals surface area contributed by atoms with E-state index >= 15 is 0 Å². The molecule has 1 saturated heterocycles. The lowest BCUT2D eigenvalue weighted by atomic mass is 10.1. The number of fused-ring (bicyclic) bond motifs is 3. The Kier molecular flexibility index (Phi) is 7.65. The van der Waals surface area contributed by atoms with E-state index in [9.17, 15) is 4.39 Å². The molecule has 0 amide bonds. The number of allylic oxidation sites excluding steroid dienone is 1. The van der Waals surface area contributed by atoms with Crippen LogP contribution in [0.2, 0.25) is 5.15 Å². The van der Waals surface area contributed by atoms with Crippen molar-refractivity contribution in [3.63, 3.8) is 0 Å². The molecule has 0 saturated carbocycles. The molecule has 1 N–H and O–H groups in total. The van der Waals surface area contributed by atoms with E-state index in [2.05, 4.69) is 42.5 Å². The van der Waals surface area contributed by atoms with Crippen LogP contribution in [0.5, 0.6) is 11.5 Å². The number of hydrogen-bond acceptors (Lipinski definition) is 8. The molecule has 4 heterocycles. The van der Waals surface area contributed by atoms with Gasteiger partial charge in [-0.25, -0.2) is 9.07 Å². The molecule has 1 atom stereocenters. The van der Waals surface area contributed by atoms with E-state index in [1.165, 1.54) is 6.07 Å². The van der Waals surface area contributed by atoms with Gasteiger partial charge < -0.3 is 24.6 Å². The average Bonchev–Trinajstić information content (AvgIpc) is 3.35. The zero-order valence-electron chi connectivity index (χ0n) is 22.9. The lowest BCUT2D eigenvalue weighted by Gasteiger charge is -2.45. The highest BCUT2D eigenvalue weighted by atomic mass is 35.5. The van der Waals surface area contributed by atoms with Gasteiger partial charge in [0.25, 0.3) is 5.95 Å². The first-order chi connectivity index (χ1) is 20.0. The van der Waals surface area contributed by atoms with E-state index < -0.39 is 0 Å². The molecular formula is C30H31ClFN7O2. The van der Waals surface area contributed by atoms with Gasteiger partial charge in [0.05, 0.1) is 25.0 Å². The molecule has 0 bridgehead atoms. The van der Waals surface area contributed by atoms with E-state index in [-0.39, 0.29) is 11.9 Å². The van der Waals surface area contributed by atoms with E-state index in [1.807, 2.05) is 37.4 Å². The Labute approximate surface area is 243 Å². The minimum Gasteiger partial charge on any atom is -0.497 e. The number of rotatable bonds is 8. The summed E-state index contributed by atoms with van der Waals surface area (Å²) in [4.78, 5) is 13.6. The molecule has 11 heteroatoms. The highest BCUT2D eigenvalue weighted by Gasteiger charge is 2.32. The molecule has 9 nitrogen and oxygen atoms in total. The Hall–Kier alpha value is -4.31. The Morgan fingerprint density at radius 1 is 1.15 bits per heavy atom. The molecule has 1 fully saturated rings. The van der Waals surface area contributed by atoms with Crippen LogP contribution in [0.4, 0.5) is 15.9 Å². The summed E-state index contributed by atoms with van der Waals surface area (Å²) in [5.74, 6) is 2.35. The topological polar surface area (TPSA) is 80.6 Å². The number of hydrogen-bond donors (Lipinski definition) is 1. The van der Waals surface area contributed by atoms with Gasteiger partial charge in [-0.2, -0.15) is 15.1 Å². The molecule has 212 valence electrons. The van der Waals surface area contributed by atoms with Crippen molar-refractivity contribution in [2.24, 2.45) is 0 Å². The van der Waals surface area contributed by atoms with Gasteiger partial charge in [-0.15, -0.1) is 0 Å². The van der Waals surface area contributed by atoms with Crippen LogP contribution in [0.3, 0.4) is 0 Å². The van der Waals surface area contributed by atoms with Crippen LogP contribution in [0, 0.1) is 12.7 Å². The van der Waals surface area contributed by atoms with Crippen molar-refractivity contribution < 1.29 is 13.9 Å². The van der Waals surface area contributed by atoms with Gasteiger partial charge in [0, 0.05) is 44.0 Å². The number of nitrogens with one attached hydrogen (secondary N) is 1. The van der Waals surface area contributed by atoms with Crippen molar-refractivity contribution in [2.75, 3.05) is 43.6 Å².